The quantitative estimate of drug-likeness (QED) is 0.925. The highest BCUT2D eigenvalue weighted by atomic mass is 16.6. The lowest BCUT2D eigenvalue weighted by Crippen LogP contribution is -2.35. The van der Waals surface area contributed by atoms with Crippen LogP contribution in [0.5, 0.6) is 5.75 Å². The summed E-state index contributed by atoms with van der Waals surface area (Å²) in [5.41, 5.74) is 2.11. The molecule has 0 radical (unpaired) electrons. The van der Waals surface area contributed by atoms with Crippen molar-refractivity contribution in [2.24, 2.45) is 0 Å². The summed E-state index contributed by atoms with van der Waals surface area (Å²) in [4.78, 5) is 11.9. The van der Waals surface area contributed by atoms with Gasteiger partial charge in [0, 0.05) is 23.6 Å². The number of benzene rings is 1. The maximum Gasteiger partial charge on any atom is 0.408 e. The Balaban J connectivity index is 1.74. The van der Waals surface area contributed by atoms with Gasteiger partial charge in [-0.1, -0.05) is 24.2 Å². The SMILES string of the molecule is CCc1cc(-c2ccc3c(c2)OC[C@H]3NC(=O)OC(C)(C)C)no1. The Labute approximate surface area is 141 Å². The lowest BCUT2D eigenvalue weighted by atomic mass is 10.0. The summed E-state index contributed by atoms with van der Waals surface area (Å²) in [7, 11) is 0. The Bertz CT molecular complexity index is 746. The van der Waals surface area contributed by atoms with Crippen LogP contribution in [0.3, 0.4) is 0 Å². The van der Waals surface area contributed by atoms with Gasteiger partial charge < -0.3 is 19.3 Å². The van der Waals surface area contributed by atoms with E-state index in [0.29, 0.717) is 6.61 Å². The third-order valence-corrected chi connectivity index (χ3v) is 3.69. The van der Waals surface area contributed by atoms with Crippen molar-refractivity contribution in [3.8, 4) is 17.0 Å². The minimum absolute atomic E-state index is 0.215. The molecule has 2 aromatic rings. The van der Waals surface area contributed by atoms with Crippen LogP contribution in [0.15, 0.2) is 28.8 Å². The minimum Gasteiger partial charge on any atom is -0.491 e. The fraction of sp³-hybridized carbons (Fsp3) is 0.444. The van der Waals surface area contributed by atoms with Crippen molar-refractivity contribution in [3.05, 3.63) is 35.6 Å². The molecule has 2 heterocycles. The summed E-state index contributed by atoms with van der Waals surface area (Å²) in [6, 6.07) is 7.53. The molecule has 1 N–H and O–H groups in total. The first-order chi connectivity index (χ1) is 11.4. The second-order valence-corrected chi connectivity index (χ2v) is 6.79. The summed E-state index contributed by atoms with van der Waals surface area (Å²) in [6.45, 7) is 7.90. The van der Waals surface area contributed by atoms with Gasteiger partial charge in [-0.05, 0) is 26.8 Å². The Morgan fingerprint density at radius 2 is 2.17 bits per heavy atom. The molecule has 0 fully saturated rings. The van der Waals surface area contributed by atoms with E-state index in [1.54, 1.807) is 0 Å². The number of nitrogens with zero attached hydrogens (tertiary/aromatic N) is 1. The number of amides is 1. The first kappa shape index (κ1) is 16.4. The van der Waals surface area contributed by atoms with Gasteiger partial charge in [0.2, 0.25) is 0 Å². The number of carbonyl (C=O) groups excluding carboxylic acids is 1. The van der Waals surface area contributed by atoms with Crippen molar-refractivity contribution in [1.82, 2.24) is 10.5 Å². The lowest BCUT2D eigenvalue weighted by molar-refractivity contribution is 0.0497. The van der Waals surface area contributed by atoms with Crippen LogP contribution in [0.2, 0.25) is 0 Å². The van der Waals surface area contributed by atoms with Crippen LogP contribution in [-0.2, 0) is 11.2 Å². The average molecular weight is 330 g/mol. The topological polar surface area (TPSA) is 73.6 Å². The van der Waals surface area contributed by atoms with Gasteiger partial charge >= 0.3 is 6.09 Å². The average Bonchev–Trinajstić information content (AvgIpc) is 3.12. The molecule has 0 spiro atoms. The number of carbonyl (C=O) groups is 1. The third-order valence-electron chi connectivity index (χ3n) is 3.69. The van der Waals surface area contributed by atoms with E-state index in [1.165, 1.54) is 0 Å². The van der Waals surface area contributed by atoms with Crippen molar-refractivity contribution in [3.63, 3.8) is 0 Å². The number of ether oxygens (including phenoxy) is 2. The minimum atomic E-state index is -0.528. The van der Waals surface area contributed by atoms with E-state index in [4.69, 9.17) is 14.0 Å². The van der Waals surface area contributed by atoms with Crippen LogP contribution in [0.1, 0.15) is 45.1 Å². The maximum absolute atomic E-state index is 11.9. The summed E-state index contributed by atoms with van der Waals surface area (Å²) in [5.74, 6) is 1.59. The van der Waals surface area contributed by atoms with Crippen molar-refractivity contribution in [2.75, 3.05) is 6.61 Å². The highest BCUT2D eigenvalue weighted by Crippen LogP contribution is 2.36. The monoisotopic (exact) mass is 330 g/mol. The molecule has 0 aliphatic carbocycles. The lowest BCUT2D eigenvalue weighted by Gasteiger charge is -2.21. The molecule has 1 amide bonds. The van der Waals surface area contributed by atoms with E-state index in [0.717, 1.165) is 34.8 Å². The molecule has 3 rings (SSSR count). The van der Waals surface area contributed by atoms with Crippen LogP contribution in [0.4, 0.5) is 4.79 Å². The maximum atomic E-state index is 11.9. The third kappa shape index (κ3) is 3.53. The highest BCUT2D eigenvalue weighted by Gasteiger charge is 2.28. The van der Waals surface area contributed by atoms with Crippen molar-refractivity contribution >= 4 is 6.09 Å². The van der Waals surface area contributed by atoms with E-state index in [-0.39, 0.29) is 6.04 Å². The molecule has 0 saturated carbocycles. The second kappa shape index (κ2) is 6.19. The van der Waals surface area contributed by atoms with Gasteiger partial charge in [-0.3, -0.25) is 0 Å². The highest BCUT2D eigenvalue weighted by molar-refractivity contribution is 5.70. The molecule has 0 bridgehead atoms. The summed E-state index contributed by atoms with van der Waals surface area (Å²) in [5, 5.41) is 6.91. The second-order valence-electron chi connectivity index (χ2n) is 6.79. The zero-order valence-electron chi connectivity index (χ0n) is 14.4. The van der Waals surface area contributed by atoms with Gasteiger partial charge in [-0.25, -0.2) is 4.79 Å². The zero-order chi connectivity index (χ0) is 17.3. The fourth-order valence-corrected chi connectivity index (χ4v) is 2.55. The van der Waals surface area contributed by atoms with E-state index >= 15 is 0 Å². The first-order valence-electron chi connectivity index (χ1n) is 8.08. The summed E-state index contributed by atoms with van der Waals surface area (Å²) >= 11 is 0. The van der Waals surface area contributed by atoms with Crippen LogP contribution in [0, 0.1) is 0 Å². The van der Waals surface area contributed by atoms with Crippen LogP contribution < -0.4 is 10.1 Å². The first-order valence-corrected chi connectivity index (χ1v) is 8.08. The molecule has 0 saturated heterocycles. The number of fused-ring (bicyclic) bond motifs is 1. The molecule has 6 heteroatoms. The van der Waals surface area contributed by atoms with Gasteiger partial charge in [0.05, 0.1) is 6.04 Å². The Hall–Kier alpha value is -2.50. The summed E-state index contributed by atoms with van der Waals surface area (Å²) < 4.78 is 16.2. The van der Waals surface area contributed by atoms with Crippen molar-refractivity contribution < 1.29 is 18.8 Å². The largest absolute Gasteiger partial charge is 0.491 e. The number of rotatable bonds is 3. The number of hydrogen-bond acceptors (Lipinski definition) is 5. The fourth-order valence-electron chi connectivity index (χ4n) is 2.55. The molecule has 1 aliphatic rings. The molecule has 128 valence electrons. The van der Waals surface area contributed by atoms with Crippen LogP contribution >= 0.6 is 0 Å². The smallest absolute Gasteiger partial charge is 0.408 e. The van der Waals surface area contributed by atoms with E-state index < -0.39 is 11.7 Å². The predicted octanol–water partition coefficient (Wildman–Crippen LogP) is 3.86. The Kier molecular flexibility index (Phi) is 4.22. The number of aromatic nitrogens is 1. The van der Waals surface area contributed by atoms with Crippen LogP contribution in [-0.4, -0.2) is 23.5 Å². The van der Waals surface area contributed by atoms with Gasteiger partial charge in [0.25, 0.3) is 0 Å². The van der Waals surface area contributed by atoms with Crippen molar-refractivity contribution in [1.29, 1.82) is 0 Å². The van der Waals surface area contributed by atoms with Gasteiger partial charge in [0.15, 0.2) is 0 Å². The number of hydrogen-bond donors (Lipinski definition) is 1. The molecule has 1 aromatic carbocycles. The Morgan fingerprint density at radius 3 is 2.83 bits per heavy atom. The normalized spacial score (nSPS) is 16.4. The molecule has 6 nitrogen and oxygen atoms in total. The van der Waals surface area contributed by atoms with E-state index in [1.807, 2.05) is 52.0 Å². The molecule has 1 atom stereocenters. The molecule has 1 aliphatic heterocycles. The van der Waals surface area contributed by atoms with Gasteiger partial charge in [-0.15, -0.1) is 0 Å². The zero-order valence-corrected chi connectivity index (χ0v) is 14.4. The van der Waals surface area contributed by atoms with E-state index in [9.17, 15) is 4.79 Å². The van der Waals surface area contributed by atoms with Crippen LogP contribution in [0.25, 0.3) is 11.3 Å². The van der Waals surface area contributed by atoms with E-state index in [2.05, 4.69) is 10.5 Å². The Morgan fingerprint density at radius 1 is 1.38 bits per heavy atom. The van der Waals surface area contributed by atoms with Gasteiger partial charge in [0.1, 0.15) is 29.4 Å². The van der Waals surface area contributed by atoms with Gasteiger partial charge in [-0.2, -0.15) is 0 Å². The summed E-state index contributed by atoms with van der Waals surface area (Å²) in [6.07, 6.45) is 0.355. The molecular formula is C18H22N2O4. The standard InChI is InChI=1S/C18H22N2O4/c1-5-12-9-14(20-24-12)11-6-7-13-15(10-22-16(13)8-11)19-17(21)23-18(2,3)4/h6-9,15H,5,10H2,1-4H3,(H,19,21)/t15-/m1/s1. The molecular weight excluding hydrogens is 308 g/mol. The number of nitrogens with one attached hydrogen (secondary N) is 1. The molecule has 1 aromatic heterocycles. The van der Waals surface area contributed by atoms with Crippen molar-refractivity contribution in [2.45, 2.75) is 45.8 Å². The number of aryl methyl sites for hydroxylation is 1. The molecule has 24 heavy (non-hydrogen) atoms. The predicted molar refractivity (Wildman–Crippen MR) is 88.9 cm³/mol. The number of alkyl carbamates (subject to hydrolysis) is 1. The molecule has 0 unspecified atom stereocenters.